The minimum absolute atomic E-state index is 0.380. The van der Waals surface area contributed by atoms with Crippen LogP contribution in [0, 0.1) is 0 Å². The highest BCUT2D eigenvalue weighted by Crippen LogP contribution is 2.18. The van der Waals surface area contributed by atoms with Crippen LogP contribution < -0.4 is 5.32 Å². The van der Waals surface area contributed by atoms with Crippen molar-refractivity contribution in [3.63, 3.8) is 0 Å². The van der Waals surface area contributed by atoms with E-state index < -0.39 is 24.2 Å². The molecule has 0 bridgehead atoms. The molecular weight excluding hydrogens is 883 g/mol. The lowest BCUT2D eigenvalue weighted by atomic mass is 10.0. The Morgan fingerprint density at radius 3 is 0.847 bits per heavy atom. The third-order valence-electron chi connectivity index (χ3n) is 15.1. The fourth-order valence-electron chi connectivity index (χ4n) is 10.1. The first-order valence-electron chi connectivity index (χ1n) is 32.5. The van der Waals surface area contributed by atoms with Gasteiger partial charge in [0.15, 0.2) is 0 Å². The fourth-order valence-corrected chi connectivity index (χ4v) is 10.1. The van der Waals surface area contributed by atoms with Crippen LogP contribution in [0.1, 0.15) is 348 Å². The molecule has 0 rings (SSSR count). The molecule has 0 fully saturated rings. The number of rotatable bonds is 60. The Bertz CT molecular complexity index is 1160. The maximum absolute atomic E-state index is 12.6. The number of nitrogens with one attached hydrogen (secondary N) is 1. The number of aliphatic hydroxyl groups excluding tert-OH is 3. The van der Waals surface area contributed by atoms with Gasteiger partial charge in [-0.05, 0) is 70.6 Å². The lowest BCUT2D eigenvalue weighted by Crippen LogP contribution is -2.48. The van der Waals surface area contributed by atoms with E-state index in [0.29, 0.717) is 6.42 Å². The van der Waals surface area contributed by atoms with E-state index in [0.717, 1.165) is 44.9 Å². The van der Waals surface area contributed by atoms with Crippen molar-refractivity contribution in [1.29, 1.82) is 0 Å². The summed E-state index contributed by atoms with van der Waals surface area (Å²) in [6.07, 6.45) is 83.8. The molecule has 3 unspecified atom stereocenters. The van der Waals surface area contributed by atoms with Gasteiger partial charge in [0, 0.05) is 0 Å². The molecule has 72 heavy (non-hydrogen) atoms. The molecule has 0 saturated heterocycles. The zero-order valence-electron chi connectivity index (χ0n) is 48.6. The molecule has 424 valence electrons. The van der Waals surface area contributed by atoms with Gasteiger partial charge in [-0.15, -0.1) is 0 Å². The van der Waals surface area contributed by atoms with Crippen molar-refractivity contribution in [1.82, 2.24) is 5.32 Å². The van der Waals surface area contributed by atoms with Crippen LogP contribution in [0.2, 0.25) is 0 Å². The Kier molecular flexibility index (Phi) is 60.4. The molecule has 5 nitrogen and oxygen atoms in total. The highest BCUT2D eigenvalue weighted by molar-refractivity contribution is 5.80. The quantitative estimate of drug-likeness (QED) is 0.0361. The third kappa shape index (κ3) is 56.0. The van der Waals surface area contributed by atoms with Gasteiger partial charge >= 0.3 is 0 Å². The summed E-state index contributed by atoms with van der Waals surface area (Å²) >= 11 is 0. The summed E-state index contributed by atoms with van der Waals surface area (Å²) in [6.45, 7) is 4.20. The van der Waals surface area contributed by atoms with E-state index in [1.165, 1.54) is 283 Å². The van der Waals surface area contributed by atoms with Crippen LogP contribution in [0.15, 0.2) is 48.6 Å². The average molecular weight is 1010 g/mol. The fraction of sp³-hybridized carbons (Fsp3) is 0.866. The Hall–Kier alpha value is -1.69. The number of carbonyl (C=O) groups is 1. The van der Waals surface area contributed by atoms with Crippen LogP contribution in [-0.2, 0) is 4.79 Å². The van der Waals surface area contributed by atoms with E-state index in [4.69, 9.17) is 0 Å². The van der Waals surface area contributed by atoms with Gasteiger partial charge in [0.25, 0.3) is 0 Å². The van der Waals surface area contributed by atoms with Crippen LogP contribution in [-0.4, -0.2) is 46.1 Å². The van der Waals surface area contributed by atoms with Gasteiger partial charge < -0.3 is 20.6 Å². The minimum Gasteiger partial charge on any atom is -0.394 e. The van der Waals surface area contributed by atoms with Crippen LogP contribution in [0.4, 0.5) is 0 Å². The van der Waals surface area contributed by atoms with Crippen molar-refractivity contribution in [3.8, 4) is 0 Å². The smallest absolute Gasteiger partial charge is 0.249 e. The Morgan fingerprint density at radius 2 is 0.569 bits per heavy atom. The van der Waals surface area contributed by atoms with Gasteiger partial charge in [-0.25, -0.2) is 0 Å². The summed E-state index contributed by atoms with van der Waals surface area (Å²) in [5, 5.41) is 33.4. The largest absolute Gasteiger partial charge is 0.394 e. The first kappa shape index (κ1) is 70.3. The summed E-state index contributed by atoms with van der Waals surface area (Å²) in [5.41, 5.74) is 0. The molecule has 0 aromatic rings. The molecule has 0 radical (unpaired) electrons. The van der Waals surface area contributed by atoms with Crippen molar-refractivity contribution in [2.75, 3.05) is 6.61 Å². The maximum Gasteiger partial charge on any atom is 0.249 e. The first-order chi connectivity index (χ1) is 35.6. The predicted molar refractivity (Wildman–Crippen MR) is 319 cm³/mol. The number of allylic oxidation sites excluding steroid dienone is 7. The predicted octanol–water partition coefficient (Wildman–Crippen LogP) is 20.7. The first-order valence-corrected chi connectivity index (χ1v) is 32.5. The van der Waals surface area contributed by atoms with Crippen molar-refractivity contribution in [2.24, 2.45) is 0 Å². The molecule has 4 N–H and O–H groups in total. The molecule has 0 aliphatic carbocycles. The summed E-state index contributed by atoms with van der Waals surface area (Å²) < 4.78 is 0. The minimum atomic E-state index is -1.11. The van der Waals surface area contributed by atoms with Gasteiger partial charge in [0.2, 0.25) is 5.91 Å². The van der Waals surface area contributed by atoms with Crippen LogP contribution >= 0.6 is 0 Å². The van der Waals surface area contributed by atoms with Crippen molar-refractivity contribution >= 4 is 5.91 Å². The molecule has 3 atom stereocenters. The molecule has 5 heteroatoms. The van der Waals surface area contributed by atoms with Gasteiger partial charge in [-0.1, -0.05) is 326 Å². The lowest BCUT2D eigenvalue weighted by molar-refractivity contribution is -0.131. The highest BCUT2D eigenvalue weighted by atomic mass is 16.3. The van der Waals surface area contributed by atoms with Gasteiger partial charge in [0.1, 0.15) is 6.10 Å². The summed E-state index contributed by atoms with van der Waals surface area (Å²) in [7, 11) is 0. The monoisotopic (exact) mass is 1010 g/mol. The number of amides is 1. The van der Waals surface area contributed by atoms with Gasteiger partial charge in [-0.3, -0.25) is 4.79 Å². The van der Waals surface area contributed by atoms with Gasteiger partial charge in [0.05, 0.1) is 18.8 Å². The van der Waals surface area contributed by atoms with Crippen molar-refractivity contribution in [3.05, 3.63) is 48.6 Å². The van der Waals surface area contributed by atoms with E-state index in [9.17, 15) is 20.1 Å². The molecule has 1 amide bonds. The Labute approximate surface area is 450 Å². The van der Waals surface area contributed by atoms with E-state index >= 15 is 0 Å². The average Bonchev–Trinajstić information content (AvgIpc) is 3.39. The Balaban J connectivity index is 3.52. The Morgan fingerprint density at radius 1 is 0.333 bits per heavy atom. The molecule has 0 aromatic carbocycles. The standard InChI is InChI=1S/C67H127NO4/c1-3-5-7-9-11-13-15-17-19-21-23-25-26-27-28-29-30-31-32-33-34-35-36-37-38-39-40-41-42-44-46-48-50-52-54-56-58-60-62-66(71)67(72)68-64(63-69)65(70)61-59-57-55-53-51-49-47-45-43-24-22-20-18-16-14-12-10-8-6-4-2/h33-34,43,45,51,53,59,61,64-66,69-71H,3-32,35-42,44,46-50,52,54-58,60,62-63H2,1-2H3,(H,68,72)/b34-33-,45-43+,53-51+,61-59+. The molecule has 0 aromatic heterocycles. The van der Waals surface area contributed by atoms with Crippen LogP contribution in [0.5, 0.6) is 0 Å². The lowest BCUT2D eigenvalue weighted by Gasteiger charge is -2.21. The van der Waals surface area contributed by atoms with Crippen LogP contribution in [0.25, 0.3) is 0 Å². The van der Waals surface area contributed by atoms with E-state index in [1.54, 1.807) is 6.08 Å². The molecule has 0 spiro atoms. The van der Waals surface area contributed by atoms with E-state index in [1.807, 2.05) is 6.08 Å². The summed E-state index contributed by atoms with van der Waals surface area (Å²) in [5.74, 6) is -0.513. The van der Waals surface area contributed by atoms with Crippen LogP contribution in [0.3, 0.4) is 0 Å². The number of hydrogen-bond donors (Lipinski definition) is 4. The molecule has 0 aliphatic rings. The molecular formula is C67H127NO4. The molecule has 0 heterocycles. The van der Waals surface area contributed by atoms with E-state index in [-0.39, 0.29) is 6.61 Å². The zero-order valence-corrected chi connectivity index (χ0v) is 48.6. The number of carbonyl (C=O) groups excluding carboxylic acids is 1. The topological polar surface area (TPSA) is 89.8 Å². The molecule has 0 aliphatic heterocycles. The highest BCUT2D eigenvalue weighted by Gasteiger charge is 2.22. The number of hydrogen-bond acceptors (Lipinski definition) is 4. The summed E-state index contributed by atoms with van der Waals surface area (Å²) in [4.78, 5) is 12.6. The summed E-state index contributed by atoms with van der Waals surface area (Å²) in [6, 6.07) is -0.822. The zero-order chi connectivity index (χ0) is 52.2. The molecule has 0 saturated carbocycles. The van der Waals surface area contributed by atoms with Crippen molar-refractivity contribution < 1.29 is 20.1 Å². The second kappa shape index (κ2) is 61.9. The van der Waals surface area contributed by atoms with E-state index in [2.05, 4.69) is 55.6 Å². The number of unbranched alkanes of at least 4 members (excludes halogenated alkanes) is 46. The van der Waals surface area contributed by atoms with Gasteiger partial charge in [-0.2, -0.15) is 0 Å². The second-order valence-corrected chi connectivity index (χ2v) is 22.3. The third-order valence-corrected chi connectivity index (χ3v) is 15.1. The normalized spacial score (nSPS) is 13.5. The van der Waals surface area contributed by atoms with Crippen molar-refractivity contribution in [2.45, 2.75) is 366 Å². The second-order valence-electron chi connectivity index (χ2n) is 22.3. The SMILES string of the molecule is CCCCCCCCCCCC/C=C/CC/C=C/CC/C=C/C(O)C(CO)NC(=O)C(O)CCCCCCCCCCCCCCCCCC/C=C\CCCCCCCCCCCCCCCCCCCC. The number of aliphatic hydroxyl groups is 3. The maximum atomic E-state index is 12.6.